The third-order valence-corrected chi connectivity index (χ3v) is 3.19. The zero-order valence-corrected chi connectivity index (χ0v) is 9.93. The number of aliphatic carboxylic acids is 1. The Labute approximate surface area is 105 Å². The van der Waals surface area contributed by atoms with Crippen molar-refractivity contribution in [1.29, 1.82) is 0 Å². The van der Waals surface area contributed by atoms with Crippen molar-refractivity contribution in [2.75, 3.05) is 0 Å². The van der Waals surface area contributed by atoms with Crippen LogP contribution in [-0.2, 0) is 16.0 Å². The van der Waals surface area contributed by atoms with Crippen LogP contribution in [0.4, 0.5) is 0 Å². The second-order valence-electron chi connectivity index (χ2n) is 4.38. The first-order chi connectivity index (χ1) is 8.63. The maximum atomic E-state index is 12.0. The van der Waals surface area contributed by atoms with Crippen molar-refractivity contribution in [1.82, 2.24) is 5.32 Å². The van der Waals surface area contributed by atoms with E-state index in [1.807, 2.05) is 24.3 Å². The van der Waals surface area contributed by atoms with E-state index in [4.69, 9.17) is 5.11 Å². The summed E-state index contributed by atoms with van der Waals surface area (Å²) < 4.78 is 0. The summed E-state index contributed by atoms with van der Waals surface area (Å²) in [5.74, 6) is -1.47. The number of rotatable bonds is 5. The predicted octanol–water partition coefficient (Wildman–Crippen LogP) is 1.47. The largest absolute Gasteiger partial charge is 0.480 e. The highest BCUT2D eigenvalue weighted by atomic mass is 16.4. The molecule has 0 spiro atoms. The maximum absolute atomic E-state index is 12.0. The molecule has 1 amide bonds. The molecule has 4 nitrogen and oxygen atoms in total. The molecular weight excluding hydrogens is 230 g/mol. The van der Waals surface area contributed by atoms with Crippen molar-refractivity contribution >= 4 is 11.9 Å². The fraction of sp³-hybridized carbons (Fsp3) is 0.286. The number of carbonyl (C=O) groups is 2. The molecule has 2 atom stereocenters. The van der Waals surface area contributed by atoms with Crippen molar-refractivity contribution in [3.63, 3.8) is 0 Å². The zero-order valence-electron chi connectivity index (χ0n) is 9.93. The lowest BCUT2D eigenvalue weighted by Gasteiger charge is -2.29. The van der Waals surface area contributed by atoms with Crippen molar-refractivity contribution < 1.29 is 14.7 Å². The monoisotopic (exact) mass is 245 g/mol. The highest BCUT2D eigenvalue weighted by Gasteiger charge is 2.33. The van der Waals surface area contributed by atoms with Gasteiger partial charge < -0.3 is 10.4 Å². The summed E-state index contributed by atoms with van der Waals surface area (Å²) in [5, 5.41) is 11.5. The Bertz CT molecular complexity index is 496. The Balaban J connectivity index is 2.02. The highest BCUT2D eigenvalue weighted by Crippen LogP contribution is 2.34. The Morgan fingerprint density at radius 1 is 1.50 bits per heavy atom. The van der Waals surface area contributed by atoms with Crippen LogP contribution >= 0.6 is 0 Å². The second kappa shape index (κ2) is 5.04. The molecule has 18 heavy (non-hydrogen) atoms. The third kappa shape index (κ3) is 2.27. The van der Waals surface area contributed by atoms with E-state index in [1.54, 1.807) is 0 Å². The van der Waals surface area contributed by atoms with Gasteiger partial charge in [-0.1, -0.05) is 30.3 Å². The van der Waals surface area contributed by atoms with Crippen LogP contribution in [0.2, 0.25) is 0 Å². The Morgan fingerprint density at radius 2 is 2.22 bits per heavy atom. The lowest BCUT2D eigenvalue weighted by atomic mass is 9.77. The number of amides is 1. The molecule has 94 valence electrons. The number of nitrogens with one attached hydrogen (secondary N) is 1. The molecule has 0 bridgehead atoms. The van der Waals surface area contributed by atoms with Crippen LogP contribution in [0.3, 0.4) is 0 Å². The van der Waals surface area contributed by atoms with Gasteiger partial charge in [-0.25, -0.2) is 4.79 Å². The minimum atomic E-state index is -1.03. The van der Waals surface area contributed by atoms with Crippen LogP contribution in [0.15, 0.2) is 36.9 Å². The number of carbonyl (C=O) groups excluding carboxylic acids is 1. The molecule has 0 heterocycles. The van der Waals surface area contributed by atoms with Gasteiger partial charge in [0.2, 0.25) is 5.91 Å². The molecule has 0 saturated carbocycles. The van der Waals surface area contributed by atoms with Gasteiger partial charge in [-0.3, -0.25) is 4.79 Å². The summed E-state index contributed by atoms with van der Waals surface area (Å²) in [6, 6.07) is 6.83. The van der Waals surface area contributed by atoms with Crippen LogP contribution in [0.1, 0.15) is 23.5 Å². The van der Waals surface area contributed by atoms with Gasteiger partial charge in [0.1, 0.15) is 6.04 Å². The molecule has 2 unspecified atom stereocenters. The van der Waals surface area contributed by atoms with Crippen LogP contribution in [0.25, 0.3) is 0 Å². The van der Waals surface area contributed by atoms with Gasteiger partial charge in [0, 0.05) is 0 Å². The van der Waals surface area contributed by atoms with Crippen LogP contribution < -0.4 is 5.32 Å². The lowest BCUT2D eigenvalue weighted by molar-refractivity contribution is -0.142. The number of hydrogen-bond donors (Lipinski definition) is 2. The van der Waals surface area contributed by atoms with E-state index >= 15 is 0 Å². The van der Waals surface area contributed by atoms with E-state index in [1.165, 1.54) is 6.08 Å². The Kier molecular flexibility index (Phi) is 3.46. The SMILES string of the molecule is C=CCC(NC(=O)C1Cc2ccccc21)C(=O)O. The van der Waals surface area contributed by atoms with Gasteiger partial charge >= 0.3 is 5.97 Å². The number of carboxylic acid groups (broad SMARTS) is 1. The molecule has 2 rings (SSSR count). The summed E-state index contributed by atoms with van der Waals surface area (Å²) in [6.07, 6.45) is 2.41. The molecular formula is C14H15NO3. The average Bonchev–Trinajstić information content (AvgIpc) is 2.30. The van der Waals surface area contributed by atoms with Crippen LogP contribution in [0, 0.1) is 0 Å². The number of fused-ring (bicyclic) bond motifs is 1. The van der Waals surface area contributed by atoms with Gasteiger partial charge in [-0.2, -0.15) is 0 Å². The highest BCUT2D eigenvalue weighted by molar-refractivity contribution is 5.90. The van der Waals surface area contributed by atoms with Crippen LogP contribution in [-0.4, -0.2) is 23.0 Å². The predicted molar refractivity (Wildman–Crippen MR) is 67.3 cm³/mol. The molecule has 0 aliphatic heterocycles. The summed E-state index contributed by atoms with van der Waals surface area (Å²) in [5.41, 5.74) is 2.16. The first-order valence-electron chi connectivity index (χ1n) is 5.85. The fourth-order valence-corrected chi connectivity index (χ4v) is 2.15. The van der Waals surface area contributed by atoms with Gasteiger partial charge in [0.05, 0.1) is 5.92 Å². The number of carboxylic acids is 1. The van der Waals surface area contributed by atoms with Gasteiger partial charge in [-0.05, 0) is 24.0 Å². The third-order valence-electron chi connectivity index (χ3n) is 3.19. The molecule has 1 aliphatic rings. The van der Waals surface area contributed by atoms with E-state index in [0.717, 1.165) is 11.1 Å². The van der Waals surface area contributed by atoms with Crippen molar-refractivity contribution in [3.8, 4) is 0 Å². The Hall–Kier alpha value is -2.10. The summed E-state index contributed by atoms with van der Waals surface area (Å²) in [6.45, 7) is 3.49. The van der Waals surface area contributed by atoms with Crippen molar-refractivity contribution in [3.05, 3.63) is 48.0 Å². The van der Waals surface area contributed by atoms with Gasteiger partial charge in [0.15, 0.2) is 0 Å². The van der Waals surface area contributed by atoms with Crippen molar-refractivity contribution in [2.45, 2.75) is 24.8 Å². The maximum Gasteiger partial charge on any atom is 0.326 e. The first kappa shape index (κ1) is 12.4. The average molecular weight is 245 g/mol. The summed E-state index contributed by atoms with van der Waals surface area (Å²) in [7, 11) is 0. The van der Waals surface area contributed by atoms with E-state index in [9.17, 15) is 9.59 Å². The van der Waals surface area contributed by atoms with E-state index in [0.29, 0.717) is 6.42 Å². The molecule has 0 saturated heterocycles. The van der Waals surface area contributed by atoms with Gasteiger partial charge in [0.25, 0.3) is 0 Å². The van der Waals surface area contributed by atoms with Crippen LogP contribution in [0.5, 0.6) is 0 Å². The molecule has 0 radical (unpaired) electrons. The first-order valence-corrected chi connectivity index (χ1v) is 5.85. The normalized spacial score (nSPS) is 18.1. The van der Waals surface area contributed by atoms with E-state index < -0.39 is 12.0 Å². The molecule has 1 aromatic carbocycles. The van der Waals surface area contributed by atoms with Gasteiger partial charge in [-0.15, -0.1) is 6.58 Å². The number of benzene rings is 1. The Morgan fingerprint density at radius 3 is 2.83 bits per heavy atom. The van der Waals surface area contributed by atoms with Crippen molar-refractivity contribution in [2.24, 2.45) is 0 Å². The molecule has 1 aliphatic carbocycles. The minimum Gasteiger partial charge on any atom is -0.480 e. The molecule has 4 heteroatoms. The quantitative estimate of drug-likeness (QED) is 0.772. The standard InChI is InChI=1S/C14H15NO3/c1-2-5-12(14(17)18)15-13(16)11-8-9-6-3-4-7-10(9)11/h2-4,6-7,11-12H,1,5,8H2,(H,15,16)(H,17,18). The molecule has 1 aromatic rings. The second-order valence-corrected chi connectivity index (χ2v) is 4.38. The molecule has 2 N–H and O–H groups in total. The lowest BCUT2D eigenvalue weighted by Crippen LogP contribution is -2.45. The summed E-state index contributed by atoms with van der Waals surface area (Å²) >= 11 is 0. The smallest absolute Gasteiger partial charge is 0.326 e. The minimum absolute atomic E-state index is 0.215. The zero-order chi connectivity index (χ0) is 13.1. The summed E-state index contributed by atoms with van der Waals surface area (Å²) in [4.78, 5) is 22.9. The molecule has 0 fully saturated rings. The fourth-order valence-electron chi connectivity index (χ4n) is 2.15. The van der Waals surface area contributed by atoms with E-state index in [-0.39, 0.29) is 18.2 Å². The molecule has 0 aromatic heterocycles. The van der Waals surface area contributed by atoms with E-state index in [2.05, 4.69) is 11.9 Å². The number of hydrogen-bond acceptors (Lipinski definition) is 2. The topological polar surface area (TPSA) is 66.4 Å².